The Morgan fingerprint density at radius 1 is 1.07 bits per heavy atom. The number of benzene rings is 1. The first-order valence-electron chi connectivity index (χ1n) is 10.3. The third-order valence-corrected chi connectivity index (χ3v) is 6.60. The van der Waals surface area contributed by atoms with Gasteiger partial charge in [0.2, 0.25) is 5.91 Å². The van der Waals surface area contributed by atoms with Gasteiger partial charge in [0, 0.05) is 50.8 Å². The number of anilines is 1. The second kappa shape index (κ2) is 8.93. The van der Waals surface area contributed by atoms with E-state index in [0.29, 0.717) is 19.6 Å². The van der Waals surface area contributed by atoms with Crippen LogP contribution in [0.25, 0.3) is 0 Å². The van der Waals surface area contributed by atoms with Crippen LogP contribution in [0.5, 0.6) is 0 Å². The van der Waals surface area contributed by atoms with Crippen LogP contribution in [0.3, 0.4) is 0 Å². The van der Waals surface area contributed by atoms with Crippen molar-refractivity contribution in [3.8, 4) is 0 Å². The molecule has 0 bridgehead atoms. The molecule has 5 nitrogen and oxygen atoms in total. The van der Waals surface area contributed by atoms with E-state index in [-0.39, 0.29) is 11.9 Å². The van der Waals surface area contributed by atoms with E-state index in [4.69, 9.17) is 0 Å². The maximum atomic E-state index is 13.2. The highest BCUT2D eigenvalue weighted by Crippen LogP contribution is 2.30. The van der Waals surface area contributed by atoms with Gasteiger partial charge in [-0.2, -0.15) is 13.2 Å². The lowest BCUT2D eigenvalue weighted by atomic mass is 10.1. The molecule has 2 fully saturated rings. The van der Waals surface area contributed by atoms with Crippen molar-refractivity contribution in [1.29, 1.82) is 0 Å². The van der Waals surface area contributed by atoms with Gasteiger partial charge in [-0.15, -0.1) is 11.3 Å². The maximum absolute atomic E-state index is 13.2. The highest BCUT2D eigenvalue weighted by atomic mass is 32.1. The van der Waals surface area contributed by atoms with Crippen molar-refractivity contribution in [2.75, 3.05) is 37.6 Å². The first-order valence-corrected chi connectivity index (χ1v) is 11.1. The molecule has 30 heavy (non-hydrogen) atoms. The summed E-state index contributed by atoms with van der Waals surface area (Å²) in [5.41, 5.74) is 0.230. The number of hydrogen-bond donors (Lipinski definition) is 0. The van der Waals surface area contributed by atoms with Crippen LogP contribution in [0.2, 0.25) is 0 Å². The number of aromatic nitrogens is 1. The van der Waals surface area contributed by atoms with Crippen molar-refractivity contribution in [3.05, 3.63) is 47.0 Å². The van der Waals surface area contributed by atoms with Gasteiger partial charge in [0.25, 0.3) is 0 Å². The van der Waals surface area contributed by atoms with Crippen LogP contribution >= 0.6 is 11.3 Å². The fourth-order valence-corrected chi connectivity index (χ4v) is 4.95. The van der Waals surface area contributed by atoms with Gasteiger partial charge in [-0.3, -0.25) is 9.69 Å². The molecule has 1 aromatic heterocycles. The van der Waals surface area contributed by atoms with Gasteiger partial charge in [0.15, 0.2) is 5.13 Å². The summed E-state index contributed by atoms with van der Waals surface area (Å²) in [6.07, 6.45) is 0.157. The molecule has 2 aliphatic rings. The van der Waals surface area contributed by atoms with E-state index in [1.165, 1.54) is 0 Å². The zero-order valence-corrected chi connectivity index (χ0v) is 17.5. The number of amides is 1. The molecule has 0 N–H and O–H groups in total. The Hall–Kier alpha value is -2.13. The zero-order valence-electron chi connectivity index (χ0n) is 16.6. The van der Waals surface area contributed by atoms with Gasteiger partial charge < -0.3 is 9.80 Å². The molecule has 9 heteroatoms. The van der Waals surface area contributed by atoms with Crippen LogP contribution in [-0.4, -0.2) is 59.5 Å². The summed E-state index contributed by atoms with van der Waals surface area (Å²) in [5.74, 6) is 0.166. The number of halogens is 3. The van der Waals surface area contributed by atoms with Crippen LogP contribution < -0.4 is 4.90 Å². The van der Waals surface area contributed by atoms with Gasteiger partial charge in [0.05, 0.1) is 5.56 Å². The average Bonchev–Trinajstić information content (AvgIpc) is 3.36. The number of carbonyl (C=O) groups is 1. The minimum absolute atomic E-state index is 0.141. The molecule has 2 saturated heterocycles. The number of thiazole rings is 1. The van der Waals surface area contributed by atoms with Crippen molar-refractivity contribution in [3.63, 3.8) is 0 Å². The van der Waals surface area contributed by atoms with Crippen molar-refractivity contribution < 1.29 is 18.0 Å². The number of rotatable bonds is 4. The van der Waals surface area contributed by atoms with Crippen molar-refractivity contribution in [2.45, 2.75) is 38.0 Å². The molecule has 0 spiro atoms. The van der Waals surface area contributed by atoms with Crippen LogP contribution in [-0.2, 0) is 17.5 Å². The number of nitrogens with zero attached hydrogens (tertiary/aromatic N) is 4. The first-order chi connectivity index (χ1) is 14.4. The van der Waals surface area contributed by atoms with Crippen molar-refractivity contribution in [2.24, 2.45) is 0 Å². The van der Waals surface area contributed by atoms with Crippen molar-refractivity contribution >= 4 is 22.4 Å². The number of hydrogen-bond acceptors (Lipinski definition) is 5. The van der Waals surface area contributed by atoms with E-state index in [2.05, 4.69) is 14.8 Å². The lowest BCUT2D eigenvalue weighted by Gasteiger charge is -2.29. The van der Waals surface area contributed by atoms with Gasteiger partial charge in [-0.05, 0) is 37.0 Å². The first kappa shape index (κ1) is 21.1. The highest BCUT2D eigenvalue weighted by molar-refractivity contribution is 7.13. The van der Waals surface area contributed by atoms with Crippen LogP contribution in [0, 0.1) is 0 Å². The molecule has 2 aliphatic heterocycles. The summed E-state index contributed by atoms with van der Waals surface area (Å²) in [4.78, 5) is 23.8. The molecule has 1 aromatic carbocycles. The monoisotopic (exact) mass is 438 g/mol. The normalized spacial score (nSPS) is 21.1. The molecule has 1 atom stereocenters. The van der Waals surface area contributed by atoms with Gasteiger partial charge in [-0.1, -0.05) is 12.1 Å². The summed E-state index contributed by atoms with van der Waals surface area (Å²) in [6, 6.07) is 5.21. The molecule has 0 saturated carbocycles. The van der Waals surface area contributed by atoms with Crippen molar-refractivity contribution in [1.82, 2.24) is 14.8 Å². The molecule has 162 valence electrons. The zero-order chi connectivity index (χ0) is 21.1. The lowest BCUT2D eigenvalue weighted by molar-refractivity contribution is -0.137. The topological polar surface area (TPSA) is 39.7 Å². The average molecular weight is 439 g/mol. The number of alkyl halides is 3. The Kier molecular flexibility index (Phi) is 6.29. The summed E-state index contributed by atoms with van der Waals surface area (Å²) >= 11 is 1.56. The van der Waals surface area contributed by atoms with Gasteiger partial charge >= 0.3 is 6.18 Å². The van der Waals surface area contributed by atoms with E-state index in [9.17, 15) is 18.0 Å². The molecule has 4 rings (SSSR count). The van der Waals surface area contributed by atoms with E-state index in [0.717, 1.165) is 61.7 Å². The molecule has 0 aliphatic carbocycles. The van der Waals surface area contributed by atoms with E-state index in [1.54, 1.807) is 29.7 Å². The minimum Gasteiger partial charge on any atom is -0.340 e. The Morgan fingerprint density at radius 3 is 2.57 bits per heavy atom. The maximum Gasteiger partial charge on any atom is 0.416 e. The third kappa shape index (κ3) is 4.78. The molecule has 0 radical (unpaired) electrons. The van der Waals surface area contributed by atoms with E-state index in [1.807, 2.05) is 10.3 Å². The Labute approximate surface area is 178 Å². The predicted molar refractivity (Wildman–Crippen MR) is 110 cm³/mol. The quantitative estimate of drug-likeness (QED) is 0.727. The minimum atomic E-state index is -4.31. The lowest BCUT2D eigenvalue weighted by Crippen LogP contribution is -2.47. The Bertz CT molecular complexity index is 841. The van der Waals surface area contributed by atoms with Gasteiger partial charge in [-0.25, -0.2) is 4.98 Å². The Morgan fingerprint density at radius 2 is 1.87 bits per heavy atom. The third-order valence-electron chi connectivity index (χ3n) is 5.79. The second-order valence-electron chi connectivity index (χ2n) is 7.82. The fraction of sp³-hybridized carbons (Fsp3) is 0.524. The highest BCUT2D eigenvalue weighted by Gasteiger charge is 2.35. The Balaban J connectivity index is 1.34. The molecule has 3 heterocycles. The van der Waals surface area contributed by atoms with Crippen LogP contribution in [0.4, 0.5) is 18.3 Å². The van der Waals surface area contributed by atoms with Gasteiger partial charge in [0.1, 0.15) is 6.04 Å². The molecular formula is C21H25F3N4OS. The summed E-state index contributed by atoms with van der Waals surface area (Å²) in [5, 5.41) is 2.84. The summed E-state index contributed by atoms with van der Waals surface area (Å²) in [6.45, 7) is 4.35. The van der Waals surface area contributed by atoms with E-state index < -0.39 is 11.7 Å². The molecule has 2 aromatic rings. The molecule has 1 amide bonds. The predicted octanol–water partition coefficient (Wildman–Crippen LogP) is 3.87. The smallest absolute Gasteiger partial charge is 0.340 e. The largest absolute Gasteiger partial charge is 0.416 e. The molecular weight excluding hydrogens is 413 g/mol. The fourth-order valence-electron chi connectivity index (χ4n) is 4.23. The second-order valence-corrected chi connectivity index (χ2v) is 8.69. The van der Waals surface area contributed by atoms with Crippen LogP contribution in [0.1, 0.15) is 30.4 Å². The summed E-state index contributed by atoms with van der Waals surface area (Å²) in [7, 11) is 0. The van der Waals surface area contributed by atoms with E-state index >= 15 is 0 Å². The summed E-state index contributed by atoms with van der Waals surface area (Å²) < 4.78 is 38.2. The number of carbonyl (C=O) groups excluding carboxylic acids is 1. The molecule has 1 unspecified atom stereocenters. The SMILES string of the molecule is O=C(C1CCCN1c1nccs1)N1CCCN(Cc2ccc(C(F)(F)F)cc2)CC1. The van der Waals surface area contributed by atoms with Crippen LogP contribution in [0.15, 0.2) is 35.8 Å². The standard InChI is InChI=1S/C21H25F3N4OS/c22-21(23,24)17-6-4-16(5-7-17)15-26-9-2-10-27(13-12-26)19(29)18-3-1-11-28(18)20-25-8-14-30-20/h4-8,14,18H,1-3,9-13,15H2.